The van der Waals surface area contributed by atoms with E-state index in [2.05, 4.69) is 10.00 Å². The summed E-state index contributed by atoms with van der Waals surface area (Å²) in [6.45, 7) is 1.04. The fourth-order valence-corrected chi connectivity index (χ4v) is 5.52. The van der Waals surface area contributed by atoms with Crippen LogP contribution in [0.25, 0.3) is 0 Å². The van der Waals surface area contributed by atoms with Gasteiger partial charge < -0.3 is 5.11 Å². The molecule has 1 aliphatic carbocycles. The first-order valence-corrected chi connectivity index (χ1v) is 10.4. The Bertz CT molecular complexity index is 622. The summed E-state index contributed by atoms with van der Waals surface area (Å²) >= 11 is 0. The average Bonchev–Trinajstić information content (AvgIpc) is 3.12. The Kier molecular flexibility index (Phi) is 5.08. The van der Waals surface area contributed by atoms with E-state index in [1.54, 1.807) is 10.9 Å². The maximum absolute atomic E-state index is 12.0. The molecule has 1 saturated carbocycles. The number of hydrogen-bond acceptors (Lipinski definition) is 5. The zero-order valence-electron chi connectivity index (χ0n) is 13.8. The van der Waals surface area contributed by atoms with Crippen LogP contribution in [-0.2, 0) is 16.9 Å². The van der Waals surface area contributed by atoms with Crippen LogP contribution in [0.3, 0.4) is 0 Å². The normalized spacial score (nSPS) is 27.3. The van der Waals surface area contributed by atoms with Crippen LogP contribution in [-0.4, -0.2) is 58.9 Å². The SMILES string of the molecule is Cn1cc(C2CS(=O)(=O)CCN2CC(O)CC2CCCC2)cn1. The van der Waals surface area contributed by atoms with Crippen LogP contribution in [0.4, 0.5) is 0 Å². The molecule has 2 fully saturated rings. The van der Waals surface area contributed by atoms with Gasteiger partial charge in [-0.1, -0.05) is 25.7 Å². The fourth-order valence-electron chi connectivity index (χ4n) is 3.96. The molecule has 2 heterocycles. The summed E-state index contributed by atoms with van der Waals surface area (Å²) < 4.78 is 25.8. The van der Waals surface area contributed by atoms with E-state index in [1.807, 2.05) is 13.2 Å². The molecule has 7 heteroatoms. The van der Waals surface area contributed by atoms with Gasteiger partial charge in [-0.2, -0.15) is 5.10 Å². The summed E-state index contributed by atoms with van der Waals surface area (Å²) in [4.78, 5) is 2.12. The van der Waals surface area contributed by atoms with Crippen molar-refractivity contribution in [1.29, 1.82) is 0 Å². The number of aryl methyl sites for hydroxylation is 1. The van der Waals surface area contributed by atoms with Gasteiger partial charge in [0.25, 0.3) is 0 Å². The summed E-state index contributed by atoms with van der Waals surface area (Å²) in [5.74, 6) is 0.935. The molecule has 2 unspecified atom stereocenters. The number of β-amino-alcohol motifs (C(OH)–C–C–N with tert-alkyl or cyclic N) is 1. The molecule has 3 rings (SSSR count). The second-order valence-corrected chi connectivity index (χ2v) is 9.34. The van der Waals surface area contributed by atoms with Gasteiger partial charge in [0.1, 0.15) is 0 Å². The van der Waals surface area contributed by atoms with Gasteiger partial charge in [0, 0.05) is 31.9 Å². The zero-order valence-corrected chi connectivity index (χ0v) is 14.6. The van der Waals surface area contributed by atoms with Gasteiger partial charge in [-0.05, 0) is 12.3 Å². The Morgan fingerprint density at radius 1 is 1.39 bits per heavy atom. The van der Waals surface area contributed by atoms with Gasteiger partial charge in [0.05, 0.1) is 29.8 Å². The van der Waals surface area contributed by atoms with E-state index in [-0.39, 0.29) is 23.7 Å². The number of rotatable bonds is 5. The van der Waals surface area contributed by atoms with Crippen molar-refractivity contribution in [2.24, 2.45) is 13.0 Å². The zero-order chi connectivity index (χ0) is 16.4. The molecule has 6 nitrogen and oxygen atoms in total. The summed E-state index contributed by atoms with van der Waals surface area (Å²) in [7, 11) is -1.19. The van der Waals surface area contributed by atoms with Gasteiger partial charge >= 0.3 is 0 Å². The maximum Gasteiger partial charge on any atom is 0.153 e. The van der Waals surface area contributed by atoms with Crippen molar-refractivity contribution in [3.05, 3.63) is 18.0 Å². The van der Waals surface area contributed by atoms with Crippen LogP contribution >= 0.6 is 0 Å². The molecule has 1 saturated heterocycles. The lowest BCUT2D eigenvalue weighted by Crippen LogP contribution is -2.46. The number of nitrogens with zero attached hydrogens (tertiary/aromatic N) is 3. The standard InChI is InChI=1S/C16H27N3O3S/c1-18-10-14(9-17-18)16-12-23(21,22)7-6-19(16)11-15(20)8-13-4-2-3-5-13/h9-10,13,15-16,20H,2-8,11-12H2,1H3. The molecule has 23 heavy (non-hydrogen) atoms. The van der Waals surface area contributed by atoms with E-state index in [0.717, 1.165) is 12.0 Å². The number of aliphatic hydroxyl groups excluding tert-OH is 1. The topological polar surface area (TPSA) is 75.4 Å². The lowest BCUT2D eigenvalue weighted by Gasteiger charge is -2.36. The molecule has 1 N–H and O–H groups in total. The van der Waals surface area contributed by atoms with Gasteiger partial charge in [0.2, 0.25) is 0 Å². The molecule has 130 valence electrons. The van der Waals surface area contributed by atoms with Crippen LogP contribution in [0.2, 0.25) is 0 Å². The van der Waals surface area contributed by atoms with Gasteiger partial charge in [-0.15, -0.1) is 0 Å². The van der Waals surface area contributed by atoms with Crippen molar-refractivity contribution in [2.75, 3.05) is 24.6 Å². The van der Waals surface area contributed by atoms with Crippen LogP contribution in [0, 0.1) is 5.92 Å². The third-order valence-corrected chi connectivity index (χ3v) is 6.81. The maximum atomic E-state index is 12.0. The van der Waals surface area contributed by atoms with Crippen molar-refractivity contribution < 1.29 is 13.5 Å². The van der Waals surface area contributed by atoms with E-state index < -0.39 is 9.84 Å². The lowest BCUT2D eigenvalue weighted by atomic mass is 9.99. The summed E-state index contributed by atoms with van der Waals surface area (Å²) in [6, 6.07) is -0.194. The highest BCUT2D eigenvalue weighted by Gasteiger charge is 2.34. The monoisotopic (exact) mass is 341 g/mol. The van der Waals surface area contributed by atoms with Crippen LogP contribution in [0.15, 0.2) is 12.4 Å². The van der Waals surface area contributed by atoms with E-state index >= 15 is 0 Å². The van der Waals surface area contributed by atoms with Crippen LogP contribution < -0.4 is 0 Å². The van der Waals surface area contributed by atoms with E-state index in [1.165, 1.54) is 25.7 Å². The minimum absolute atomic E-state index is 0.120. The minimum atomic E-state index is -3.02. The lowest BCUT2D eigenvalue weighted by molar-refractivity contribution is 0.0749. The fraction of sp³-hybridized carbons (Fsp3) is 0.812. The number of aliphatic hydroxyl groups is 1. The number of sulfone groups is 1. The van der Waals surface area contributed by atoms with Crippen LogP contribution in [0.1, 0.15) is 43.7 Å². The third kappa shape index (κ3) is 4.33. The average molecular weight is 341 g/mol. The highest BCUT2D eigenvalue weighted by atomic mass is 32.2. The molecule has 0 radical (unpaired) electrons. The first kappa shape index (κ1) is 16.9. The summed E-state index contributed by atoms with van der Waals surface area (Å²) in [6.07, 6.45) is 9.06. The smallest absolute Gasteiger partial charge is 0.153 e. The highest BCUT2D eigenvalue weighted by molar-refractivity contribution is 7.91. The molecule has 1 aromatic rings. The first-order chi connectivity index (χ1) is 10.9. The molecular formula is C16H27N3O3S. The molecule has 2 atom stereocenters. The Labute approximate surface area is 138 Å². The van der Waals surface area contributed by atoms with Crippen molar-refractivity contribution in [1.82, 2.24) is 14.7 Å². The molecule has 1 aromatic heterocycles. The Morgan fingerprint density at radius 2 is 2.13 bits per heavy atom. The van der Waals surface area contributed by atoms with Crippen molar-refractivity contribution in [2.45, 2.75) is 44.2 Å². The molecule has 1 aliphatic heterocycles. The summed E-state index contributed by atoms with van der Waals surface area (Å²) in [5, 5.41) is 14.6. The van der Waals surface area contributed by atoms with Crippen LogP contribution in [0.5, 0.6) is 0 Å². The van der Waals surface area contributed by atoms with Crippen molar-refractivity contribution in [3.8, 4) is 0 Å². The van der Waals surface area contributed by atoms with Gasteiger partial charge in [-0.3, -0.25) is 9.58 Å². The Balaban J connectivity index is 1.67. The Morgan fingerprint density at radius 3 is 2.78 bits per heavy atom. The molecule has 0 bridgehead atoms. The van der Waals surface area contributed by atoms with Crippen molar-refractivity contribution >= 4 is 9.84 Å². The van der Waals surface area contributed by atoms with Gasteiger partial charge in [0.15, 0.2) is 9.84 Å². The number of hydrogen-bond donors (Lipinski definition) is 1. The highest BCUT2D eigenvalue weighted by Crippen LogP contribution is 2.31. The molecule has 0 amide bonds. The second kappa shape index (κ2) is 6.91. The largest absolute Gasteiger partial charge is 0.392 e. The predicted octanol–water partition coefficient (Wildman–Crippen LogP) is 1.13. The van der Waals surface area contributed by atoms with Crippen molar-refractivity contribution in [3.63, 3.8) is 0 Å². The number of aromatic nitrogens is 2. The van der Waals surface area contributed by atoms with E-state index in [9.17, 15) is 13.5 Å². The predicted molar refractivity (Wildman–Crippen MR) is 88.8 cm³/mol. The molecule has 0 spiro atoms. The summed E-state index contributed by atoms with van der Waals surface area (Å²) in [5.41, 5.74) is 0.920. The van der Waals surface area contributed by atoms with E-state index in [4.69, 9.17) is 0 Å². The third-order valence-electron chi connectivity index (χ3n) is 5.18. The molecule has 2 aliphatic rings. The second-order valence-electron chi connectivity index (χ2n) is 7.11. The minimum Gasteiger partial charge on any atom is -0.392 e. The first-order valence-electron chi connectivity index (χ1n) is 8.54. The van der Waals surface area contributed by atoms with Gasteiger partial charge in [-0.25, -0.2) is 8.42 Å². The Hall–Kier alpha value is -0.920. The van der Waals surface area contributed by atoms with E-state index in [0.29, 0.717) is 19.0 Å². The quantitative estimate of drug-likeness (QED) is 0.869. The molecule has 0 aromatic carbocycles. The molecular weight excluding hydrogens is 314 g/mol.